The van der Waals surface area contributed by atoms with Crippen molar-refractivity contribution < 1.29 is 22.9 Å². The van der Waals surface area contributed by atoms with Crippen molar-refractivity contribution in [3.05, 3.63) is 52.1 Å². The van der Waals surface area contributed by atoms with Crippen LogP contribution in [-0.2, 0) is 19.6 Å². The SMILES string of the molecule is CCOC(=O)C1CCN(c2nc(N(C)S(=O)(=O)c3ccc(C)cc3)ccc2[N+](=O)[O-])CC1. The smallest absolute Gasteiger partial charge is 0.311 e. The fourth-order valence-corrected chi connectivity index (χ4v) is 4.70. The first kappa shape index (κ1) is 23.5. The average molecular weight is 463 g/mol. The first-order valence-electron chi connectivity index (χ1n) is 10.3. The number of aromatic nitrogens is 1. The molecule has 3 rings (SSSR count). The first-order chi connectivity index (χ1) is 15.1. The van der Waals surface area contributed by atoms with Gasteiger partial charge in [0.05, 0.1) is 22.3 Å². The molecule has 0 aliphatic carbocycles. The van der Waals surface area contributed by atoms with Crippen LogP contribution in [0.15, 0.2) is 41.3 Å². The van der Waals surface area contributed by atoms with Crippen LogP contribution in [0.4, 0.5) is 17.3 Å². The third-order valence-electron chi connectivity index (χ3n) is 5.45. The summed E-state index contributed by atoms with van der Waals surface area (Å²) >= 11 is 0. The largest absolute Gasteiger partial charge is 0.466 e. The third-order valence-corrected chi connectivity index (χ3v) is 7.23. The van der Waals surface area contributed by atoms with Gasteiger partial charge in [0.2, 0.25) is 5.82 Å². The molecule has 0 saturated carbocycles. The van der Waals surface area contributed by atoms with Gasteiger partial charge in [-0.1, -0.05) is 17.7 Å². The minimum Gasteiger partial charge on any atom is -0.466 e. The molecule has 1 fully saturated rings. The van der Waals surface area contributed by atoms with Crippen molar-refractivity contribution in [1.29, 1.82) is 0 Å². The Morgan fingerprint density at radius 2 is 1.84 bits per heavy atom. The monoisotopic (exact) mass is 462 g/mol. The van der Waals surface area contributed by atoms with Gasteiger partial charge in [0.25, 0.3) is 10.0 Å². The van der Waals surface area contributed by atoms with E-state index in [-0.39, 0.29) is 34.1 Å². The zero-order valence-corrected chi connectivity index (χ0v) is 19.0. The number of nitrogens with zero attached hydrogens (tertiary/aromatic N) is 4. The number of carbonyl (C=O) groups is 1. The van der Waals surface area contributed by atoms with Crippen molar-refractivity contribution in [3.63, 3.8) is 0 Å². The van der Waals surface area contributed by atoms with Crippen LogP contribution in [0, 0.1) is 23.0 Å². The summed E-state index contributed by atoms with van der Waals surface area (Å²) in [6.45, 7) is 4.64. The molecule has 0 spiro atoms. The van der Waals surface area contributed by atoms with Crippen LogP contribution in [0.3, 0.4) is 0 Å². The Balaban J connectivity index is 1.89. The van der Waals surface area contributed by atoms with Gasteiger partial charge < -0.3 is 9.64 Å². The topological polar surface area (TPSA) is 123 Å². The van der Waals surface area contributed by atoms with E-state index in [9.17, 15) is 23.3 Å². The lowest BCUT2D eigenvalue weighted by atomic mass is 9.97. The van der Waals surface area contributed by atoms with Crippen LogP contribution in [0.2, 0.25) is 0 Å². The number of sulfonamides is 1. The normalized spacial score (nSPS) is 14.8. The van der Waals surface area contributed by atoms with Crippen LogP contribution >= 0.6 is 0 Å². The van der Waals surface area contributed by atoms with Crippen LogP contribution in [0.1, 0.15) is 25.3 Å². The van der Waals surface area contributed by atoms with Gasteiger partial charge in [-0.15, -0.1) is 0 Å². The fourth-order valence-electron chi connectivity index (χ4n) is 3.56. The molecule has 0 unspecified atom stereocenters. The number of rotatable bonds is 7. The summed E-state index contributed by atoms with van der Waals surface area (Å²) < 4.78 is 32.1. The number of aryl methyl sites for hydroxylation is 1. The molecule has 32 heavy (non-hydrogen) atoms. The highest BCUT2D eigenvalue weighted by atomic mass is 32.2. The second kappa shape index (κ2) is 9.51. The molecule has 172 valence electrons. The number of esters is 1. The summed E-state index contributed by atoms with van der Waals surface area (Å²) in [6, 6.07) is 8.99. The predicted octanol–water partition coefficient (Wildman–Crippen LogP) is 2.90. The highest BCUT2D eigenvalue weighted by Gasteiger charge is 2.31. The highest BCUT2D eigenvalue weighted by Crippen LogP contribution is 2.33. The highest BCUT2D eigenvalue weighted by molar-refractivity contribution is 7.92. The van der Waals surface area contributed by atoms with Crippen molar-refractivity contribution in [2.45, 2.75) is 31.6 Å². The molecular formula is C21H26N4O6S. The van der Waals surface area contributed by atoms with Crippen molar-refractivity contribution in [2.75, 3.05) is 35.9 Å². The lowest BCUT2D eigenvalue weighted by Crippen LogP contribution is -2.38. The van der Waals surface area contributed by atoms with E-state index in [1.165, 1.54) is 31.3 Å². The number of pyridine rings is 1. The summed E-state index contributed by atoms with van der Waals surface area (Å²) in [4.78, 5) is 29.2. The van der Waals surface area contributed by atoms with Crippen LogP contribution in [0.5, 0.6) is 0 Å². The molecule has 2 heterocycles. The maximum Gasteiger partial charge on any atom is 0.311 e. The number of ether oxygens (including phenoxy) is 1. The van der Waals surface area contributed by atoms with Gasteiger partial charge in [-0.25, -0.2) is 13.4 Å². The maximum absolute atomic E-state index is 13.0. The molecule has 0 N–H and O–H groups in total. The molecule has 0 atom stereocenters. The number of hydrogen-bond donors (Lipinski definition) is 0. The molecular weight excluding hydrogens is 436 g/mol. The van der Waals surface area contributed by atoms with Gasteiger partial charge in [-0.3, -0.25) is 19.2 Å². The van der Waals surface area contributed by atoms with Gasteiger partial charge in [0, 0.05) is 26.2 Å². The first-order valence-corrected chi connectivity index (χ1v) is 11.7. The van der Waals surface area contributed by atoms with E-state index in [1.54, 1.807) is 24.0 Å². The predicted molar refractivity (Wildman–Crippen MR) is 119 cm³/mol. The molecule has 1 aliphatic heterocycles. The Bertz CT molecular complexity index is 1100. The van der Waals surface area contributed by atoms with E-state index in [0.717, 1.165) is 9.87 Å². The summed E-state index contributed by atoms with van der Waals surface area (Å²) in [5, 5.41) is 11.6. The lowest BCUT2D eigenvalue weighted by Gasteiger charge is -2.31. The number of piperidine rings is 1. The van der Waals surface area contributed by atoms with Gasteiger partial charge >= 0.3 is 11.7 Å². The summed E-state index contributed by atoms with van der Waals surface area (Å²) in [5.74, 6) is -0.384. The molecule has 0 radical (unpaired) electrons. The molecule has 11 heteroatoms. The van der Waals surface area contributed by atoms with Crippen LogP contribution in [0.25, 0.3) is 0 Å². The van der Waals surface area contributed by atoms with E-state index in [0.29, 0.717) is 32.5 Å². The minimum atomic E-state index is -3.89. The molecule has 1 aromatic heterocycles. The number of hydrogen-bond acceptors (Lipinski definition) is 8. The Labute approximate surface area is 187 Å². The molecule has 0 amide bonds. The molecule has 10 nitrogen and oxygen atoms in total. The Hall–Kier alpha value is -3.21. The third kappa shape index (κ3) is 4.82. The number of benzene rings is 1. The van der Waals surface area contributed by atoms with E-state index in [1.807, 2.05) is 6.92 Å². The maximum atomic E-state index is 13.0. The van der Waals surface area contributed by atoms with Gasteiger partial charge in [0.15, 0.2) is 0 Å². The fraction of sp³-hybridized carbons (Fsp3) is 0.429. The molecule has 0 bridgehead atoms. The Morgan fingerprint density at radius 3 is 2.41 bits per heavy atom. The number of anilines is 2. The standard InChI is InChI=1S/C21H26N4O6S/c1-4-31-21(26)16-11-13-24(14-12-16)20-18(25(27)28)9-10-19(22-20)23(3)32(29,30)17-7-5-15(2)6-8-17/h5-10,16H,4,11-14H2,1-3H3. The average Bonchev–Trinajstić information content (AvgIpc) is 2.78. The zero-order chi connectivity index (χ0) is 23.5. The minimum absolute atomic E-state index is 0.0682. The van der Waals surface area contributed by atoms with Crippen molar-refractivity contribution in [1.82, 2.24) is 4.98 Å². The van der Waals surface area contributed by atoms with Gasteiger partial charge in [-0.2, -0.15) is 0 Å². The van der Waals surface area contributed by atoms with Crippen LogP contribution in [-0.4, -0.2) is 51.0 Å². The van der Waals surface area contributed by atoms with E-state index >= 15 is 0 Å². The molecule has 1 aliphatic rings. The molecule has 2 aromatic rings. The second-order valence-corrected chi connectivity index (χ2v) is 9.54. The van der Waals surface area contributed by atoms with E-state index in [4.69, 9.17) is 4.74 Å². The van der Waals surface area contributed by atoms with Crippen molar-refractivity contribution >= 4 is 33.3 Å². The number of nitro groups is 1. The summed E-state index contributed by atoms with van der Waals surface area (Å²) in [7, 11) is -2.53. The van der Waals surface area contributed by atoms with Crippen LogP contribution < -0.4 is 9.21 Å². The van der Waals surface area contributed by atoms with Gasteiger partial charge in [0.1, 0.15) is 5.82 Å². The summed E-state index contributed by atoms with van der Waals surface area (Å²) in [5.41, 5.74) is 0.707. The lowest BCUT2D eigenvalue weighted by molar-refractivity contribution is -0.384. The second-order valence-electron chi connectivity index (χ2n) is 7.57. The Morgan fingerprint density at radius 1 is 1.22 bits per heavy atom. The van der Waals surface area contributed by atoms with Gasteiger partial charge in [-0.05, 0) is 44.9 Å². The van der Waals surface area contributed by atoms with Crippen molar-refractivity contribution in [2.24, 2.45) is 5.92 Å². The summed E-state index contributed by atoms with van der Waals surface area (Å²) in [6.07, 6.45) is 0.943. The van der Waals surface area contributed by atoms with E-state index in [2.05, 4.69) is 4.98 Å². The number of carbonyl (C=O) groups excluding carboxylic acids is 1. The zero-order valence-electron chi connectivity index (χ0n) is 18.2. The van der Waals surface area contributed by atoms with Crippen molar-refractivity contribution in [3.8, 4) is 0 Å². The quantitative estimate of drug-likeness (QED) is 0.350. The Kier molecular flexibility index (Phi) is 6.97. The molecule has 1 saturated heterocycles. The molecule has 1 aromatic carbocycles. The van der Waals surface area contributed by atoms with E-state index < -0.39 is 14.9 Å².